The monoisotopic (exact) mass is 267 g/mol. The van der Waals surface area contributed by atoms with E-state index in [2.05, 4.69) is 25.8 Å². The Kier molecular flexibility index (Phi) is 5.70. The van der Waals surface area contributed by atoms with Gasteiger partial charge in [-0.3, -0.25) is 0 Å². The molecule has 0 bridgehead atoms. The highest BCUT2D eigenvalue weighted by molar-refractivity contribution is 4.84. The molecule has 2 aliphatic rings. The number of hydrogen-bond acceptors (Lipinski definition) is 2. The van der Waals surface area contributed by atoms with E-state index in [0.717, 1.165) is 18.9 Å². The predicted octanol–water partition coefficient (Wildman–Crippen LogP) is 3.54. The van der Waals surface area contributed by atoms with Gasteiger partial charge in [-0.05, 0) is 50.5 Å². The van der Waals surface area contributed by atoms with Gasteiger partial charge in [0, 0.05) is 19.0 Å². The van der Waals surface area contributed by atoms with Crippen LogP contribution < -0.4 is 0 Å². The highest BCUT2D eigenvalue weighted by Gasteiger charge is 2.33. The van der Waals surface area contributed by atoms with E-state index in [0.29, 0.717) is 17.8 Å². The third kappa shape index (κ3) is 4.46. The van der Waals surface area contributed by atoms with Crippen LogP contribution in [-0.4, -0.2) is 36.2 Å². The van der Waals surface area contributed by atoms with E-state index in [1.165, 1.54) is 45.1 Å². The molecule has 0 saturated heterocycles. The van der Waals surface area contributed by atoms with Crippen LogP contribution in [-0.2, 0) is 0 Å². The Hall–Kier alpha value is -0.0800. The van der Waals surface area contributed by atoms with E-state index in [4.69, 9.17) is 0 Å². The van der Waals surface area contributed by atoms with E-state index >= 15 is 0 Å². The summed E-state index contributed by atoms with van der Waals surface area (Å²) in [7, 11) is 2.26. The lowest BCUT2D eigenvalue weighted by molar-refractivity contribution is -0.000823. The molecule has 0 heterocycles. The number of nitrogens with zero attached hydrogens (tertiary/aromatic N) is 1. The van der Waals surface area contributed by atoms with E-state index in [1.807, 2.05) is 0 Å². The van der Waals surface area contributed by atoms with Crippen molar-refractivity contribution in [1.29, 1.82) is 0 Å². The Morgan fingerprint density at radius 3 is 2.32 bits per heavy atom. The molecule has 0 spiro atoms. The summed E-state index contributed by atoms with van der Waals surface area (Å²) in [6, 6.07) is 0. The molecule has 0 radical (unpaired) electrons. The average molecular weight is 267 g/mol. The Morgan fingerprint density at radius 1 is 1.00 bits per heavy atom. The molecule has 4 atom stereocenters. The molecule has 19 heavy (non-hydrogen) atoms. The van der Waals surface area contributed by atoms with Gasteiger partial charge < -0.3 is 10.0 Å². The minimum Gasteiger partial charge on any atom is -0.393 e. The highest BCUT2D eigenvalue weighted by Crippen LogP contribution is 2.34. The maximum atomic E-state index is 10.3. The summed E-state index contributed by atoms with van der Waals surface area (Å²) in [5, 5.41) is 10.3. The summed E-state index contributed by atoms with van der Waals surface area (Å²) in [6.45, 7) is 6.94. The molecule has 2 heteroatoms. The lowest BCUT2D eigenvalue weighted by Crippen LogP contribution is -2.42. The summed E-state index contributed by atoms with van der Waals surface area (Å²) in [4.78, 5) is 2.50. The zero-order valence-corrected chi connectivity index (χ0v) is 13.1. The van der Waals surface area contributed by atoms with E-state index in [1.54, 1.807) is 0 Å². The van der Waals surface area contributed by atoms with Gasteiger partial charge in [-0.1, -0.05) is 33.1 Å². The fourth-order valence-corrected chi connectivity index (χ4v) is 4.42. The lowest BCUT2D eigenvalue weighted by Gasteiger charge is -2.39. The van der Waals surface area contributed by atoms with Gasteiger partial charge in [0.2, 0.25) is 0 Å². The van der Waals surface area contributed by atoms with E-state index in [9.17, 15) is 5.11 Å². The molecule has 2 rings (SSSR count). The maximum Gasteiger partial charge on any atom is 0.0585 e. The van der Waals surface area contributed by atoms with E-state index < -0.39 is 0 Å². The number of rotatable bonds is 4. The third-order valence-corrected chi connectivity index (χ3v) is 5.46. The zero-order valence-electron chi connectivity index (χ0n) is 13.1. The molecule has 112 valence electrons. The highest BCUT2D eigenvalue weighted by atomic mass is 16.3. The summed E-state index contributed by atoms with van der Waals surface area (Å²) < 4.78 is 0. The Balaban J connectivity index is 1.78. The molecular weight excluding hydrogens is 234 g/mol. The van der Waals surface area contributed by atoms with Crippen molar-refractivity contribution < 1.29 is 5.11 Å². The van der Waals surface area contributed by atoms with Gasteiger partial charge in [-0.25, -0.2) is 0 Å². The molecule has 0 aromatic rings. The van der Waals surface area contributed by atoms with Gasteiger partial charge in [0.1, 0.15) is 0 Å². The van der Waals surface area contributed by atoms with Gasteiger partial charge in [-0.2, -0.15) is 0 Å². The van der Waals surface area contributed by atoms with E-state index in [-0.39, 0.29) is 6.10 Å². The van der Waals surface area contributed by atoms with Gasteiger partial charge >= 0.3 is 0 Å². The molecule has 1 N–H and O–H groups in total. The molecular formula is C17H33NO. The Morgan fingerprint density at radius 2 is 1.68 bits per heavy atom. The SMILES string of the molecule is CC1CC(C)C(CN(C)CC2CCCCC2)C(O)C1. The first kappa shape index (κ1) is 15.3. The first-order valence-corrected chi connectivity index (χ1v) is 8.43. The third-order valence-electron chi connectivity index (χ3n) is 5.46. The number of aliphatic hydroxyl groups is 1. The summed E-state index contributed by atoms with van der Waals surface area (Å²) >= 11 is 0. The smallest absolute Gasteiger partial charge is 0.0585 e. The molecule has 2 nitrogen and oxygen atoms in total. The van der Waals surface area contributed by atoms with Crippen molar-refractivity contribution in [2.24, 2.45) is 23.7 Å². The van der Waals surface area contributed by atoms with Crippen LogP contribution in [0.4, 0.5) is 0 Å². The standard InChI is InChI=1S/C17H33NO/c1-13-9-14(2)16(17(19)10-13)12-18(3)11-15-7-5-4-6-8-15/h13-17,19H,4-12H2,1-3H3. The minimum absolute atomic E-state index is 0.0763. The summed E-state index contributed by atoms with van der Waals surface area (Å²) in [5.41, 5.74) is 0. The van der Waals surface area contributed by atoms with Crippen LogP contribution in [0.3, 0.4) is 0 Å². The fraction of sp³-hybridized carbons (Fsp3) is 1.00. The predicted molar refractivity (Wildman–Crippen MR) is 81.1 cm³/mol. The van der Waals surface area contributed by atoms with Gasteiger partial charge in [0.15, 0.2) is 0 Å². The molecule has 0 aromatic carbocycles. The Bertz CT molecular complexity index is 250. The quantitative estimate of drug-likeness (QED) is 0.842. The van der Waals surface area contributed by atoms with Crippen molar-refractivity contribution in [2.45, 2.75) is 64.9 Å². The van der Waals surface area contributed by atoms with Crippen LogP contribution in [0.25, 0.3) is 0 Å². The van der Waals surface area contributed by atoms with Crippen LogP contribution >= 0.6 is 0 Å². The fourth-order valence-electron chi connectivity index (χ4n) is 4.42. The molecule has 0 aromatic heterocycles. The molecule has 0 amide bonds. The van der Waals surface area contributed by atoms with Gasteiger partial charge in [-0.15, -0.1) is 0 Å². The first-order valence-electron chi connectivity index (χ1n) is 8.43. The molecule has 2 fully saturated rings. The average Bonchev–Trinajstić information content (AvgIpc) is 2.35. The number of hydrogen-bond donors (Lipinski definition) is 1. The van der Waals surface area contributed by atoms with Crippen molar-refractivity contribution >= 4 is 0 Å². The second-order valence-corrected chi connectivity index (χ2v) is 7.51. The Labute approximate surface area is 119 Å². The van der Waals surface area contributed by atoms with Gasteiger partial charge in [0.25, 0.3) is 0 Å². The molecule has 2 aliphatic carbocycles. The molecule has 2 saturated carbocycles. The van der Waals surface area contributed by atoms with Crippen LogP contribution in [0.1, 0.15) is 58.8 Å². The van der Waals surface area contributed by atoms with Crippen LogP contribution in [0.5, 0.6) is 0 Å². The minimum atomic E-state index is -0.0763. The van der Waals surface area contributed by atoms with Gasteiger partial charge in [0.05, 0.1) is 6.10 Å². The normalized spacial score (nSPS) is 37.7. The van der Waals surface area contributed by atoms with Crippen LogP contribution in [0.15, 0.2) is 0 Å². The topological polar surface area (TPSA) is 23.5 Å². The van der Waals surface area contributed by atoms with Crippen LogP contribution in [0, 0.1) is 23.7 Å². The second kappa shape index (κ2) is 7.08. The molecule has 0 aliphatic heterocycles. The maximum absolute atomic E-state index is 10.3. The van der Waals surface area contributed by atoms with Crippen LogP contribution in [0.2, 0.25) is 0 Å². The molecule has 4 unspecified atom stereocenters. The summed E-state index contributed by atoms with van der Waals surface area (Å²) in [5.74, 6) is 2.77. The van der Waals surface area contributed by atoms with Crippen molar-refractivity contribution in [3.05, 3.63) is 0 Å². The van der Waals surface area contributed by atoms with Crippen molar-refractivity contribution in [2.75, 3.05) is 20.1 Å². The van der Waals surface area contributed by atoms with Crippen molar-refractivity contribution in [3.8, 4) is 0 Å². The summed E-state index contributed by atoms with van der Waals surface area (Å²) in [6.07, 6.45) is 9.36. The number of aliphatic hydroxyl groups excluding tert-OH is 1. The van der Waals surface area contributed by atoms with Crippen molar-refractivity contribution in [3.63, 3.8) is 0 Å². The second-order valence-electron chi connectivity index (χ2n) is 7.51. The largest absolute Gasteiger partial charge is 0.393 e. The van der Waals surface area contributed by atoms with Crippen molar-refractivity contribution in [1.82, 2.24) is 4.90 Å². The first-order chi connectivity index (χ1) is 9.06. The lowest BCUT2D eigenvalue weighted by atomic mass is 9.73. The zero-order chi connectivity index (χ0) is 13.8.